The van der Waals surface area contributed by atoms with E-state index < -0.39 is 11.6 Å². The molecule has 0 aliphatic heterocycles. The van der Waals surface area contributed by atoms with E-state index in [0.717, 1.165) is 10.0 Å². The molecule has 0 unspecified atom stereocenters. The van der Waals surface area contributed by atoms with E-state index in [2.05, 4.69) is 15.9 Å². The molecule has 2 nitrogen and oxygen atoms in total. The van der Waals surface area contributed by atoms with Crippen molar-refractivity contribution in [1.82, 2.24) is 0 Å². The van der Waals surface area contributed by atoms with Crippen molar-refractivity contribution in [3.8, 4) is 0 Å². The van der Waals surface area contributed by atoms with Gasteiger partial charge in [-0.2, -0.15) is 0 Å². The number of esters is 1. The topological polar surface area (TPSA) is 26.3 Å². The van der Waals surface area contributed by atoms with E-state index in [4.69, 9.17) is 4.74 Å². The molecule has 0 bridgehead atoms. The van der Waals surface area contributed by atoms with Crippen LogP contribution in [0.4, 0.5) is 4.39 Å². The molecule has 92 valence electrons. The Kier molecular flexibility index (Phi) is 3.52. The zero-order chi connectivity index (χ0) is 12.5. The van der Waals surface area contributed by atoms with Crippen LogP contribution in [0.25, 0.3) is 0 Å². The molecule has 1 fully saturated rings. The van der Waals surface area contributed by atoms with E-state index in [9.17, 15) is 9.18 Å². The van der Waals surface area contributed by atoms with Gasteiger partial charge in [0, 0.05) is 4.47 Å². The van der Waals surface area contributed by atoms with E-state index in [0.29, 0.717) is 6.61 Å². The third-order valence-electron chi connectivity index (χ3n) is 3.18. The first-order valence-electron chi connectivity index (χ1n) is 5.66. The Balaban J connectivity index is 2.32. The second kappa shape index (κ2) is 4.77. The van der Waals surface area contributed by atoms with Gasteiger partial charge in [-0.05, 0) is 37.5 Å². The molecular formula is C13H14BrFO2. The van der Waals surface area contributed by atoms with Gasteiger partial charge < -0.3 is 4.74 Å². The fourth-order valence-corrected chi connectivity index (χ4v) is 2.67. The Labute approximate surface area is 108 Å². The minimum atomic E-state index is -0.904. The van der Waals surface area contributed by atoms with Gasteiger partial charge in [0.25, 0.3) is 0 Å². The maximum atomic E-state index is 13.2. The summed E-state index contributed by atoms with van der Waals surface area (Å²) in [4.78, 5) is 12.0. The molecule has 0 saturated heterocycles. The summed E-state index contributed by atoms with van der Waals surface area (Å²) < 4.78 is 19.1. The normalized spacial score (nSPS) is 27.4. The Morgan fingerprint density at radius 3 is 2.82 bits per heavy atom. The molecule has 0 amide bonds. The van der Waals surface area contributed by atoms with Crippen LogP contribution in [0.15, 0.2) is 28.7 Å². The molecule has 0 atom stereocenters. The van der Waals surface area contributed by atoms with Crippen LogP contribution in [0.5, 0.6) is 0 Å². The van der Waals surface area contributed by atoms with E-state index in [-0.39, 0.29) is 18.8 Å². The lowest BCUT2D eigenvalue weighted by Gasteiger charge is -2.42. The Hall–Kier alpha value is -0.900. The van der Waals surface area contributed by atoms with E-state index in [1.807, 2.05) is 24.3 Å². The van der Waals surface area contributed by atoms with Crippen LogP contribution in [-0.4, -0.2) is 18.7 Å². The summed E-state index contributed by atoms with van der Waals surface area (Å²) in [6, 6.07) is 7.45. The van der Waals surface area contributed by atoms with Gasteiger partial charge in [0.05, 0.1) is 12.0 Å². The standard InChI is InChI=1S/C13H14BrFO2/c1-2-17-12(16)13(7-11(15)8-13)9-4-3-5-10(14)6-9/h3-6,11H,2,7-8H2,1H3. The average Bonchev–Trinajstić information content (AvgIpc) is 2.24. The van der Waals surface area contributed by atoms with Crippen LogP contribution in [0.2, 0.25) is 0 Å². The number of benzene rings is 1. The summed E-state index contributed by atoms with van der Waals surface area (Å²) in [7, 11) is 0. The third-order valence-corrected chi connectivity index (χ3v) is 3.68. The zero-order valence-corrected chi connectivity index (χ0v) is 11.2. The number of halogens is 2. The van der Waals surface area contributed by atoms with Crippen LogP contribution in [0, 0.1) is 0 Å². The van der Waals surface area contributed by atoms with Crippen molar-refractivity contribution in [2.45, 2.75) is 31.4 Å². The summed E-state index contributed by atoms with van der Waals surface area (Å²) in [6.45, 7) is 2.09. The van der Waals surface area contributed by atoms with Gasteiger partial charge in [0.2, 0.25) is 0 Å². The fourth-order valence-electron chi connectivity index (χ4n) is 2.27. The van der Waals surface area contributed by atoms with Gasteiger partial charge in [0.15, 0.2) is 0 Å². The molecule has 1 aromatic rings. The van der Waals surface area contributed by atoms with E-state index >= 15 is 0 Å². The SMILES string of the molecule is CCOC(=O)C1(c2cccc(Br)c2)CC(F)C1. The van der Waals surface area contributed by atoms with E-state index in [1.165, 1.54) is 0 Å². The van der Waals surface area contributed by atoms with Gasteiger partial charge in [-0.25, -0.2) is 4.39 Å². The molecule has 1 aromatic carbocycles. The number of hydrogen-bond donors (Lipinski definition) is 0. The van der Waals surface area contributed by atoms with Crippen molar-refractivity contribution >= 4 is 21.9 Å². The van der Waals surface area contributed by atoms with Crippen LogP contribution in [0.1, 0.15) is 25.3 Å². The lowest BCUT2D eigenvalue weighted by Crippen LogP contribution is -2.50. The highest BCUT2D eigenvalue weighted by atomic mass is 79.9. The van der Waals surface area contributed by atoms with Gasteiger partial charge in [0.1, 0.15) is 6.17 Å². The lowest BCUT2D eigenvalue weighted by molar-refractivity contribution is -0.156. The maximum Gasteiger partial charge on any atom is 0.316 e. The molecule has 0 radical (unpaired) electrons. The molecule has 1 aliphatic carbocycles. The molecular weight excluding hydrogens is 287 g/mol. The second-order valence-electron chi connectivity index (χ2n) is 4.32. The number of carbonyl (C=O) groups excluding carboxylic acids is 1. The number of alkyl halides is 1. The Bertz CT molecular complexity index is 427. The summed E-state index contributed by atoms with van der Waals surface area (Å²) in [5.41, 5.74) is 0.0541. The van der Waals surface area contributed by atoms with Crippen LogP contribution in [-0.2, 0) is 14.9 Å². The van der Waals surface area contributed by atoms with Crippen molar-refractivity contribution in [3.05, 3.63) is 34.3 Å². The van der Waals surface area contributed by atoms with Crippen molar-refractivity contribution in [3.63, 3.8) is 0 Å². The number of carbonyl (C=O) groups is 1. The number of ether oxygens (including phenoxy) is 1. The molecule has 0 aromatic heterocycles. The molecule has 2 rings (SSSR count). The summed E-state index contributed by atoms with van der Waals surface area (Å²) in [5.74, 6) is -0.313. The van der Waals surface area contributed by atoms with Crippen LogP contribution >= 0.6 is 15.9 Å². The molecule has 17 heavy (non-hydrogen) atoms. The second-order valence-corrected chi connectivity index (χ2v) is 5.23. The first-order valence-corrected chi connectivity index (χ1v) is 6.45. The fraction of sp³-hybridized carbons (Fsp3) is 0.462. The Morgan fingerprint density at radius 2 is 2.29 bits per heavy atom. The minimum absolute atomic E-state index is 0.224. The molecule has 0 spiro atoms. The zero-order valence-electron chi connectivity index (χ0n) is 9.58. The summed E-state index contributed by atoms with van der Waals surface area (Å²) >= 11 is 3.37. The summed E-state index contributed by atoms with van der Waals surface area (Å²) in [5, 5.41) is 0. The monoisotopic (exact) mass is 300 g/mol. The number of rotatable bonds is 3. The van der Waals surface area contributed by atoms with Crippen molar-refractivity contribution in [2.24, 2.45) is 0 Å². The highest BCUT2D eigenvalue weighted by Crippen LogP contribution is 2.47. The van der Waals surface area contributed by atoms with E-state index in [1.54, 1.807) is 6.92 Å². The van der Waals surface area contributed by atoms with Gasteiger partial charge in [-0.3, -0.25) is 4.79 Å². The average molecular weight is 301 g/mol. The van der Waals surface area contributed by atoms with Gasteiger partial charge in [-0.15, -0.1) is 0 Å². The van der Waals surface area contributed by atoms with Crippen molar-refractivity contribution in [2.75, 3.05) is 6.61 Å². The van der Waals surface area contributed by atoms with Gasteiger partial charge >= 0.3 is 5.97 Å². The molecule has 0 N–H and O–H groups in total. The quantitative estimate of drug-likeness (QED) is 0.800. The highest BCUT2D eigenvalue weighted by Gasteiger charge is 2.53. The van der Waals surface area contributed by atoms with Crippen LogP contribution in [0.3, 0.4) is 0 Å². The highest BCUT2D eigenvalue weighted by molar-refractivity contribution is 9.10. The minimum Gasteiger partial charge on any atom is -0.465 e. The predicted molar refractivity (Wildman–Crippen MR) is 66.6 cm³/mol. The first kappa shape index (κ1) is 12.6. The largest absolute Gasteiger partial charge is 0.465 e. The number of hydrogen-bond acceptors (Lipinski definition) is 2. The smallest absolute Gasteiger partial charge is 0.316 e. The molecule has 1 saturated carbocycles. The first-order chi connectivity index (χ1) is 8.08. The molecule has 1 aliphatic rings. The van der Waals surface area contributed by atoms with Crippen molar-refractivity contribution in [1.29, 1.82) is 0 Å². The Morgan fingerprint density at radius 1 is 1.59 bits per heavy atom. The third kappa shape index (κ3) is 2.23. The maximum absolute atomic E-state index is 13.2. The van der Waals surface area contributed by atoms with Crippen LogP contribution < -0.4 is 0 Å². The molecule has 4 heteroatoms. The van der Waals surface area contributed by atoms with Gasteiger partial charge in [-0.1, -0.05) is 28.1 Å². The van der Waals surface area contributed by atoms with Crippen molar-refractivity contribution < 1.29 is 13.9 Å². The molecule has 0 heterocycles. The lowest BCUT2D eigenvalue weighted by atomic mass is 9.63. The summed E-state index contributed by atoms with van der Waals surface area (Å²) in [6.07, 6.45) is -0.455. The predicted octanol–water partition coefficient (Wildman–Crippen LogP) is 3.38.